The fraction of sp³-hybridized carbons (Fsp3) is 0.100. The molecule has 0 atom stereocenters. The number of methoxy groups -OCH3 is 2. The summed E-state index contributed by atoms with van der Waals surface area (Å²) in [6.07, 6.45) is 1.72. The van der Waals surface area contributed by atoms with E-state index in [0.717, 1.165) is 16.3 Å². The lowest BCUT2D eigenvalue weighted by atomic mass is 10.1. The van der Waals surface area contributed by atoms with Crippen molar-refractivity contribution in [3.63, 3.8) is 0 Å². The van der Waals surface area contributed by atoms with E-state index in [4.69, 9.17) is 25.5 Å². The van der Waals surface area contributed by atoms with Crippen molar-refractivity contribution in [3.8, 4) is 22.8 Å². The highest BCUT2D eigenvalue weighted by Crippen LogP contribution is 2.33. The van der Waals surface area contributed by atoms with Crippen LogP contribution in [0.25, 0.3) is 22.3 Å². The Morgan fingerprint density at radius 3 is 2.63 bits per heavy atom. The number of benzene rings is 2. The summed E-state index contributed by atoms with van der Waals surface area (Å²) >= 11 is 7.64. The van der Waals surface area contributed by atoms with Crippen molar-refractivity contribution in [3.05, 3.63) is 64.4 Å². The van der Waals surface area contributed by atoms with Crippen molar-refractivity contribution in [1.29, 1.82) is 0 Å². The molecule has 0 aliphatic heterocycles. The van der Waals surface area contributed by atoms with Crippen LogP contribution in [0.2, 0.25) is 5.02 Å². The first kappa shape index (κ1) is 17.6. The molecule has 0 fully saturated rings. The maximum Gasteiger partial charge on any atom is 0.209 e. The van der Waals surface area contributed by atoms with Gasteiger partial charge < -0.3 is 13.9 Å². The standard InChI is InChI=1S/C20H15ClN2O3S/c1-24-17-5-3-12(9-19(17)25-2)18-11-15(23-20-22-7-8-27-20)14-10-13(21)4-6-16(14)26-18/h3-11H,1-2H3. The van der Waals surface area contributed by atoms with Crippen LogP contribution in [0.15, 0.2) is 63.5 Å². The molecule has 0 aliphatic rings. The first-order chi connectivity index (χ1) is 13.2. The summed E-state index contributed by atoms with van der Waals surface area (Å²) in [4.78, 5) is 8.91. The first-order valence-corrected chi connectivity index (χ1v) is 9.34. The van der Waals surface area contributed by atoms with Crippen LogP contribution in [0.1, 0.15) is 0 Å². The topological polar surface area (TPSA) is 56.9 Å². The van der Waals surface area contributed by atoms with E-state index in [2.05, 4.69) is 9.98 Å². The van der Waals surface area contributed by atoms with Crippen molar-refractivity contribution >= 4 is 39.0 Å². The van der Waals surface area contributed by atoms with Crippen LogP contribution in [0, 0.1) is 0 Å². The molecular weight excluding hydrogens is 384 g/mol. The SMILES string of the molecule is COc1ccc(-c2cc(=Nc3nccs3)c3cc(Cl)ccc3o2)cc1OC. The summed E-state index contributed by atoms with van der Waals surface area (Å²) in [6, 6.07) is 13.0. The highest BCUT2D eigenvalue weighted by Gasteiger charge is 2.11. The lowest BCUT2D eigenvalue weighted by Gasteiger charge is -2.10. The number of nitrogens with zero attached hydrogens (tertiary/aromatic N) is 2. The fourth-order valence-electron chi connectivity index (χ4n) is 2.74. The summed E-state index contributed by atoms with van der Waals surface area (Å²) in [7, 11) is 3.21. The predicted octanol–water partition coefficient (Wildman–Crippen LogP) is 5.46. The molecule has 2 heterocycles. The Morgan fingerprint density at radius 1 is 1.04 bits per heavy atom. The minimum absolute atomic E-state index is 0.618. The molecular formula is C20H15ClN2O3S. The zero-order valence-electron chi connectivity index (χ0n) is 14.6. The van der Waals surface area contributed by atoms with Crippen molar-refractivity contribution in [2.45, 2.75) is 0 Å². The third-order valence-electron chi connectivity index (χ3n) is 4.01. The van der Waals surface area contributed by atoms with E-state index >= 15 is 0 Å². The van der Waals surface area contributed by atoms with Gasteiger partial charge in [0, 0.05) is 33.6 Å². The van der Waals surface area contributed by atoms with Crippen LogP contribution in [-0.4, -0.2) is 19.2 Å². The Balaban J connectivity index is 1.96. The number of hydrogen-bond acceptors (Lipinski definition) is 6. The molecule has 0 bridgehead atoms. The Morgan fingerprint density at radius 2 is 1.89 bits per heavy atom. The fourth-order valence-corrected chi connectivity index (χ4v) is 3.43. The number of aromatic nitrogens is 1. The minimum atomic E-state index is 0.618. The van der Waals surface area contributed by atoms with Crippen molar-refractivity contribution < 1.29 is 13.9 Å². The molecule has 0 unspecified atom stereocenters. The molecule has 27 heavy (non-hydrogen) atoms. The van der Waals surface area contributed by atoms with Crippen molar-refractivity contribution in [2.24, 2.45) is 4.99 Å². The van der Waals surface area contributed by atoms with E-state index in [1.807, 2.05) is 41.8 Å². The minimum Gasteiger partial charge on any atom is -0.493 e. The first-order valence-electron chi connectivity index (χ1n) is 8.08. The van der Waals surface area contributed by atoms with E-state index < -0.39 is 0 Å². The predicted molar refractivity (Wildman–Crippen MR) is 107 cm³/mol. The third-order valence-corrected chi connectivity index (χ3v) is 4.91. The Bertz CT molecular complexity index is 1170. The Kier molecular flexibility index (Phi) is 4.83. The molecule has 0 aliphatic carbocycles. The smallest absolute Gasteiger partial charge is 0.209 e. The number of halogens is 1. The van der Waals surface area contributed by atoms with Gasteiger partial charge in [-0.3, -0.25) is 0 Å². The normalized spacial score (nSPS) is 11.7. The largest absolute Gasteiger partial charge is 0.493 e. The molecule has 0 spiro atoms. The second-order valence-corrected chi connectivity index (χ2v) is 6.94. The van der Waals surface area contributed by atoms with E-state index in [9.17, 15) is 0 Å². The van der Waals surface area contributed by atoms with Gasteiger partial charge in [0.05, 0.1) is 19.6 Å². The van der Waals surface area contributed by atoms with Gasteiger partial charge in [0.15, 0.2) is 11.5 Å². The summed E-state index contributed by atoms with van der Waals surface area (Å²) < 4.78 is 16.8. The molecule has 0 saturated carbocycles. The van der Waals surface area contributed by atoms with Gasteiger partial charge in [-0.25, -0.2) is 9.98 Å². The van der Waals surface area contributed by atoms with Crippen LogP contribution in [0.4, 0.5) is 5.13 Å². The Hall–Kier alpha value is -2.83. The maximum atomic E-state index is 6.18. The van der Waals surface area contributed by atoms with Gasteiger partial charge in [0.1, 0.15) is 11.3 Å². The number of rotatable bonds is 4. The highest BCUT2D eigenvalue weighted by molar-refractivity contribution is 7.13. The average molecular weight is 399 g/mol. The number of thiazole rings is 1. The summed E-state index contributed by atoms with van der Waals surface area (Å²) in [5.41, 5.74) is 1.53. The maximum absolute atomic E-state index is 6.18. The van der Waals surface area contributed by atoms with E-state index in [1.165, 1.54) is 11.3 Å². The molecule has 0 N–H and O–H groups in total. The number of fused-ring (bicyclic) bond motifs is 1. The van der Waals surface area contributed by atoms with Crippen LogP contribution < -0.4 is 14.8 Å². The van der Waals surface area contributed by atoms with Crippen LogP contribution >= 0.6 is 22.9 Å². The summed E-state index contributed by atoms with van der Waals surface area (Å²) in [6.45, 7) is 0. The molecule has 136 valence electrons. The van der Waals surface area contributed by atoms with Crippen LogP contribution in [0.3, 0.4) is 0 Å². The molecule has 4 aromatic rings. The summed E-state index contributed by atoms with van der Waals surface area (Å²) in [5, 5.41) is 4.73. The highest BCUT2D eigenvalue weighted by atomic mass is 35.5. The van der Waals surface area contributed by atoms with Crippen molar-refractivity contribution in [1.82, 2.24) is 4.98 Å². The molecule has 0 radical (unpaired) electrons. The van der Waals surface area contributed by atoms with Crippen LogP contribution in [0.5, 0.6) is 11.5 Å². The van der Waals surface area contributed by atoms with Gasteiger partial charge in [0.2, 0.25) is 5.13 Å². The molecule has 0 saturated heterocycles. The lowest BCUT2D eigenvalue weighted by Crippen LogP contribution is -2.03. The average Bonchev–Trinajstić information content (AvgIpc) is 3.20. The lowest BCUT2D eigenvalue weighted by molar-refractivity contribution is 0.355. The number of hydrogen-bond donors (Lipinski definition) is 0. The second-order valence-electron chi connectivity index (χ2n) is 5.63. The van der Waals surface area contributed by atoms with E-state index in [-0.39, 0.29) is 0 Å². The molecule has 2 aromatic heterocycles. The Labute approximate surface area is 164 Å². The van der Waals surface area contributed by atoms with Crippen LogP contribution in [-0.2, 0) is 0 Å². The van der Waals surface area contributed by atoms with Gasteiger partial charge in [-0.05, 0) is 36.4 Å². The third kappa shape index (κ3) is 3.54. The van der Waals surface area contributed by atoms with Gasteiger partial charge in [-0.2, -0.15) is 0 Å². The molecule has 7 heteroatoms. The number of ether oxygens (including phenoxy) is 2. The zero-order chi connectivity index (χ0) is 18.8. The van der Waals surface area contributed by atoms with Crippen molar-refractivity contribution in [2.75, 3.05) is 14.2 Å². The van der Waals surface area contributed by atoms with Gasteiger partial charge in [-0.15, -0.1) is 11.3 Å². The van der Waals surface area contributed by atoms with Gasteiger partial charge in [-0.1, -0.05) is 11.6 Å². The van der Waals surface area contributed by atoms with Gasteiger partial charge in [0.25, 0.3) is 0 Å². The van der Waals surface area contributed by atoms with E-state index in [1.54, 1.807) is 26.5 Å². The molecule has 4 rings (SSSR count). The molecule has 0 amide bonds. The van der Waals surface area contributed by atoms with Gasteiger partial charge >= 0.3 is 0 Å². The second kappa shape index (κ2) is 7.42. The molecule has 2 aromatic carbocycles. The quantitative estimate of drug-likeness (QED) is 0.458. The molecule has 5 nitrogen and oxygen atoms in total. The zero-order valence-corrected chi connectivity index (χ0v) is 16.2. The monoisotopic (exact) mass is 398 g/mol. The van der Waals surface area contributed by atoms with E-state index in [0.29, 0.717) is 33.0 Å². The summed E-state index contributed by atoms with van der Waals surface area (Å²) in [5.74, 6) is 1.93.